The summed E-state index contributed by atoms with van der Waals surface area (Å²) in [7, 11) is 0. The molecule has 36 heavy (non-hydrogen) atoms. The predicted octanol–water partition coefficient (Wildman–Crippen LogP) is 2.94. The molecule has 0 radical (unpaired) electrons. The van der Waals surface area contributed by atoms with Crippen LogP contribution >= 0.6 is 0 Å². The molecule has 3 aromatic rings. The molecule has 0 amide bonds. The smallest absolute Gasteiger partial charge is 0.405 e. The number of benzene rings is 1. The molecule has 0 N–H and O–H groups in total. The Bertz CT molecular complexity index is 1200. The third-order valence-corrected chi connectivity index (χ3v) is 5.72. The van der Waals surface area contributed by atoms with Gasteiger partial charge in [-0.05, 0) is 36.1 Å². The first-order valence-electron chi connectivity index (χ1n) is 12.1. The molecule has 186 valence electrons. The van der Waals surface area contributed by atoms with E-state index in [1.165, 1.54) is 5.56 Å². The molecule has 2 aliphatic rings. The van der Waals surface area contributed by atoms with Crippen LogP contribution in [0.5, 0.6) is 0 Å². The number of nitrogens with zero attached hydrogens (tertiary/aromatic N) is 6. The van der Waals surface area contributed by atoms with Crippen LogP contribution < -0.4 is 51.4 Å². The normalized spacial score (nSPS) is 15.8. The predicted molar refractivity (Wildman–Crippen MR) is 139 cm³/mol. The Balaban J connectivity index is 0.000000871. The number of hydrogen-bond donors (Lipinski definition) is 0. The zero-order valence-corrected chi connectivity index (χ0v) is 25.7. The van der Waals surface area contributed by atoms with Crippen molar-refractivity contribution in [3.05, 3.63) is 83.1 Å². The van der Waals surface area contributed by atoms with Gasteiger partial charge in [-0.2, -0.15) is 5.10 Å². The maximum absolute atomic E-state index is 6.01. The second kappa shape index (κ2) is 14.1. The summed E-state index contributed by atoms with van der Waals surface area (Å²) < 4.78 is 11.5. The zero-order valence-electron chi connectivity index (χ0n) is 22.6. The molecule has 8 nitrogen and oxygen atoms in total. The summed E-state index contributed by atoms with van der Waals surface area (Å²) in [6.45, 7) is 21.0. The van der Waals surface area contributed by atoms with E-state index in [1.807, 2.05) is 45.6 Å². The van der Waals surface area contributed by atoms with Gasteiger partial charge in [0.15, 0.2) is 0 Å². The van der Waals surface area contributed by atoms with E-state index < -0.39 is 0 Å². The van der Waals surface area contributed by atoms with Crippen LogP contribution in [0.4, 0.5) is 0 Å². The molecule has 1 saturated heterocycles. The first-order valence-corrected chi connectivity index (χ1v) is 12.1. The molecule has 4 heterocycles. The summed E-state index contributed by atoms with van der Waals surface area (Å²) in [6.07, 6.45) is 6.03. The Labute approximate surface area is 256 Å². The monoisotopic (exact) mass is 514 g/mol. The minimum Gasteiger partial charge on any atom is -0.405 e. The summed E-state index contributed by atoms with van der Waals surface area (Å²) in [5.41, 5.74) is 6.15. The van der Waals surface area contributed by atoms with Crippen molar-refractivity contribution in [2.24, 2.45) is 5.10 Å². The molecular formula is C27H35KN6O2. The van der Waals surface area contributed by atoms with Crippen molar-refractivity contribution in [3.8, 4) is 0 Å². The van der Waals surface area contributed by atoms with Gasteiger partial charge in [0, 0.05) is 5.82 Å². The maximum Gasteiger partial charge on any atom is 1.00 e. The third-order valence-electron chi connectivity index (χ3n) is 5.72. The van der Waals surface area contributed by atoms with E-state index in [-0.39, 0.29) is 57.5 Å². The summed E-state index contributed by atoms with van der Waals surface area (Å²) in [5.74, 6) is 2.12. The Hall–Kier alpha value is -2.01. The fraction of sp³-hybridized carbons (Fsp3) is 0.370. The first-order chi connectivity index (χ1) is 17.0. The zero-order chi connectivity index (χ0) is 25.5. The average Bonchev–Trinajstić information content (AvgIpc) is 3.64. The number of aromatic nitrogens is 4. The second-order valence-electron chi connectivity index (χ2n) is 7.81. The quantitative estimate of drug-likeness (QED) is 0.385. The standard InChI is InChI=1S/C23H23N6O2.2C2H6.K/c1-5-17-6-7-18(8-14(17)2)20-9-19(12-30-20)23-26-21(31-27-23)11-28-13-25-29-22(16(28)4)15(3)10-24-29;2*1-2;/h5-8,10,13,20H,1,4,9,11-12H2,2-3H3;2*1-2H3;/q-1;;;+1/t20-;;;/m1.../s1. The molecule has 0 spiro atoms. The van der Waals surface area contributed by atoms with Crippen LogP contribution in [0.3, 0.4) is 0 Å². The Morgan fingerprint density at radius 1 is 1.17 bits per heavy atom. The molecular weight excluding hydrogens is 479 g/mol. The Morgan fingerprint density at radius 2 is 1.92 bits per heavy atom. The Kier molecular flexibility index (Phi) is 11.8. The largest absolute Gasteiger partial charge is 1.00 e. The first kappa shape index (κ1) is 30.2. The molecule has 0 bridgehead atoms. The van der Waals surface area contributed by atoms with E-state index in [4.69, 9.17) is 9.26 Å². The van der Waals surface area contributed by atoms with Crippen molar-refractivity contribution in [2.75, 3.05) is 6.61 Å². The van der Waals surface area contributed by atoms with Crippen LogP contribution in [-0.4, -0.2) is 37.9 Å². The van der Waals surface area contributed by atoms with E-state index in [2.05, 4.69) is 58.6 Å². The summed E-state index contributed by atoms with van der Waals surface area (Å²) >= 11 is 0. The van der Waals surface area contributed by atoms with Gasteiger partial charge in [-0.25, -0.2) is 4.98 Å². The number of hydrogen-bond acceptors (Lipinski definition) is 7. The van der Waals surface area contributed by atoms with Gasteiger partial charge in [0.25, 0.3) is 0 Å². The molecule has 1 aromatic carbocycles. The molecule has 1 fully saturated rings. The van der Waals surface area contributed by atoms with Crippen molar-refractivity contribution < 1.29 is 60.6 Å². The van der Waals surface area contributed by atoms with Crippen molar-refractivity contribution in [1.29, 1.82) is 0 Å². The van der Waals surface area contributed by atoms with Gasteiger partial charge in [-0.1, -0.05) is 76.9 Å². The van der Waals surface area contributed by atoms with Gasteiger partial charge >= 0.3 is 51.4 Å². The van der Waals surface area contributed by atoms with Gasteiger partial charge in [-0.3, -0.25) is 5.92 Å². The second-order valence-corrected chi connectivity index (χ2v) is 7.81. The number of fused-ring (bicyclic) bond motifs is 1. The van der Waals surface area contributed by atoms with Gasteiger partial charge in [0.2, 0.25) is 5.89 Å². The van der Waals surface area contributed by atoms with Crippen molar-refractivity contribution in [1.82, 2.24) is 24.9 Å². The summed E-state index contributed by atoms with van der Waals surface area (Å²) in [4.78, 5) is 8.04. The summed E-state index contributed by atoms with van der Waals surface area (Å²) in [5, 5.41) is 12.7. The van der Waals surface area contributed by atoms with Crippen LogP contribution in [0.15, 0.2) is 47.2 Å². The molecule has 0 aliphatic carbocycles. The molecule has 0 unspecified atom stereocenters. The van der Waals surface area contributed by atoms with Crippen LogP contribution in [0.25, 0.3) is 11.8 Å². The molecule has 5 rings (SSSR count). The van der Waals surface area contributed by atoms with Crippen LogP contribution in [-0.2, 0) is 11.3 Å². The molecule has 2 aromatic heterocycles. The number of aryl methyl sites for hydroxylation is 2. The van der Waals surface area contributed by atoms with Crippen molar-refractivity contribution in [3.63, 3.8) is 0 Å². The molecule has 2 aliphatic heterocycles. The van der Waals surface area contributed by atoms with Gasteiger partial charge in [-0.15, -0.1) is 16.3 Å². The van der Waals surface area contributed by atoms with Crippen molar-refractivity contribution >= 4 is 18.1 Å². The minimum absolute atomic E-state index is 0. The van der Waals surface area contributed by atoms with Gasteiger partial charge in [0.1, 0.15) is 18.6 Å². The van der Waals surface area contributed by atoms with E-state index in [0.29, 0.717) is 24.9 Å². The Morgan fingerprint density at radius 3 is 2.61 bits per heavy atom. The van der Waals surface area contributed by atoms with E-state index in [1.54, 1.807) is 17.3 Å². The van der Waals surface area contributed by atoms with Crippen LogP contribution in [0.2, 0.25) is 0 Å². The number of rotatable bonds is 5. The average molecular weight is 515 g/mol. The van der Waals surface area contributed by atoms with Crippen LogP contribution in [0, 0.1) is 19.8 Å². The minimum atomic E-state index is -0.00761. The topological polar surface area (TPSA) is 81.6 Å². The summed E-state index contributed by atoms with van der Waals surface area (Å²) in [6, 6.07) is 6.32. The molecule has 0 saturated carbocycles. The van der Waals surface area contributed by atoms with Gasteiger partial charge < -0.3 is 14.2 Å². The van der Waals surface area contributed by atoms with Crippen molar-refractivity contribution in [2.45, 2.75) is 60.6 Å². The molecule has 9 heteroatoms. The van der Waals surface area contributed by atoms with Gasteiger partial charge in [0.05, 0.1) is 18.0 Å². The fourth-order valence-electron chi connectivity index (χ4n) is 3.95. The fourth-order valence-corrected chi connectivity index (χ4v) is 3.95. The third kappa shape index (κ3) is 6.45. The molecule has 1 atom stereocenters. The maximum atomic E-state index is 6.01. The van der Waals surface area contributed by atoms with Crippen LogP contribution in [0.1, 0.15) is 79.9 Å². The SMILES string of the molecule is C=Cc1ccc([C@H]2C[C-](c3noc(CN4C=Nn5ncc(C)c5C4=C)n3)CO2)cc1C.CC.CC.[K+]. The number of ether oxygens (including phenoxy) is 1. The van der Waals surface area contributed by atoms with E-state index >= 15 is 0 Å². The van der Waals surface area contributed by atoms with E-state index in [9.17, 15) is 0 Å². The van der Waals surface area contributed by atoms with E-state index in [0.717, 1.165) is 40.4 Å².